The normalized spacial score (nSPS) is 19.8. The predicted molar refractivity (Wildman–Crippen MR) is 77.9 cm³/mol. The predicted octanol–water partition coefficient (Wildman–Crippen LogP) is 0.527. The van der Waals surface area contributed by atoms with Crippen LogP contribution in [0.4, 0.5) is 17.8 Å². The van der Waals surface area contributed by atoms with Gasteiger partial charge in [-0.2, -0.15) is 15.0 Å². The summed E-state index contributed by atoms with van der Waals surface area (Å²) in [6.45, 7) is 4.01. The molecule has 110 valence electrons. The molecule has 0 spiro atoms. The van der Waals surface area contributed by atoms with Crippen molar-refractivity contribution in [1.29, 1.82) is 0 Å². The van der Waals surface area contributed by atoms with Gasteiger partial charge in [0.25, 0.3) is 0 Å². The molecule has 2 N–H and O–H groups in total. The first kappa shape index (κ1) is 13.4. The third-order valence-electron chi connectivity index (χ3n) is 4.02. The molecule has 2 aliphatic rings. The number of ether oxygens (including phenoxy) is 1. The van der Waals surface area contributed by atoms with Crippen molar-refractivity contribution in [3.63, 3.8) is 0 Å². The number of rotatable bonds is 4. The summed E-state index contributed by atoms with van der Waals surface area (Å²) in [4.78, 5) is 17.3. The minimum Gasteiger partial charge on any atom is -0.378 e. The number of aromatic nitrogens is 3. The van der Waals surface area contributed by atoms with E-state index in [2.05, 4.69) is 24.8 Å². The molecule has 2 heterocycles. The van der Waals surface area contributed by atoms with Crippen LogP contribution >= 0.6 is 0 Å². The molecule has 0 amide bonds. The molecule has 1 saturated carbocycles. The molecule has 0 bridgehead atoms. The topological polar surface area (TPSA) is 80.4 Å². The Kier molecular flexibility index (Phi) is 3.86. The molecule has 0 unspecified atom stereocenters. The van der Waals surface area contributed by atoms with Crippen LogP contribution in [0.1, 0.15) is 19.3 Å². The number of nitrogens with zero attached hydrogens (tertiary/aromatic N) is 5. The van der Waals surface area contributed by atoms with Gasteiger partial charge < -0.3 is 20.3 Å². The maximum absolute atomic E-state index is 5.83. The Hall–Kier alpha value is -1.63. The fourth-order valence-corrected chi connectivity index (χ4v) is 2.59. The molecular formula is C13H22N6O. The van der Waals surface area contributed by atoms with Crippen molar-refractivity contribution in [2.75, 3.05) is 55.4 Å². The molecule has 20 heavy (non-hydrogen) atoms. The molecule has 0 atom stereocenters. The number of anilines is 3. The Balaban J connectivity index is 1.74. The van der Waals surface area contributed by atoms with Crippen molar-refractivity contribution in [2.24, 2.45) is 5.92 Å². The zero-order valence-corrected chi connectivity index (χ0v) is 12.0. The Labute approximate surface area is 119 Å². The number of hydrogen-bond donors (Lipinski definition) is 1. The number of nitrogens with two attached hydrogens (primary N) is 1. The average molecular weight is 278 g/mol. The number of nitrogen functional groups attached to an aromatic ring is 1. The van der Waals surface area contributed by atoms with Crippen LogP contribution in [-0.2, 0) is 4.74 Å². The van der Waals surface area contributed by atoms with Gasteiger partial charge in [-0.15, -0.1) is 0 Å². The monoisotopic (exact) mass is 278 g/mol. The van der Waals surface area contributed by atoms with Gasteiger partial charge in [-0.05, 0) is 18.8 Å². The van der Waals surface area contributed by atoms with E-state index in [1.165, 1.54) is 19.3 Å². The van der Waals surface area contributed by atoms with Gasteiger partial charge in [0, 0.05) is 26.7 Å². The van der Waals surface area contributed by atoms with Crippen molar-refractivity contribution in [3.05, 3.63) is 0 Å². The minimum atomic E-state index is 0.289. The van der Waals surface area contributed by atoms with E-state index in [4.69, 9.17) is 10.5 Å². The van der Waals surface area contributed by atoms with Crippen LogP contribution in [0.5, 0.6) is 0 Å². The zero-order chi connectivity index (χ0) is 13.9. The van der Waals surface area contributed by atoms with E-state index >= 15 is 0 Å². The molecule has 1 aromatic heterocycles. The third-order valence-corrected chi connectivity index (χ3v) is 4.02. The van der Waals surface area contributed by atoms with E-state index in [1.807, 2.05) is 7.05 Å². The van der Waals surface area contributed by atoms with Crippen molar-refractivity contribution < 1.29 is 4.74 Å². The highest BCUT2D eigenvalue weighted by atomic mass is 16.5. The molecule has 1 saturated heterocycles. The lowest BCUT2D eigenvalue weighted by Crippen LogP contribution is -2.38. The number of hydrogen-bond acceptors (Lipinski definition) is 7. The second kappa shape index (κ2) is 5.78. The standard InChI is InChI=1S/C13H22N6O/c1-18(9-10-3-2-4-10)12-15-11(14)16-13(17-12)19-5-7-20-8-6-19/h10H,2-9H2,1H3,(H2,14,15,16,17). The maximum Gasteiger partial charge on any atom is 0.232 e. The molecule has 7 nitrogen and oxygen atoms in total. The summed E-state index contributed by atoms with van der Waals surface area (Å²) >= 11 is 0. The highest BCUT2D eigenvalue weighted by Crippen LogP contribution is 2.28. The minimum absolute atomic E-state index is 0.289. The Morgan fingerprint density at radius 3 is 2.65 bits per heavy atom. The first-order valence-corrected chi connectivity index (χ1v) is 7.28. The van der Waals surface area contributed by atoms with Gasteiger partial charge in [-0.3, -0.25) is 0 Å². The number of morpholine rings is 1. The van der Waals surface area contributed by atoms with Crippen LogP contribution in [-0.4, -0.2) is 54.8 Å². The molecule has 3 rings (SSSR count). The van der Waals surface area contributed by atoms with Gasteiger partial charge in [0.2, 0.25) is 17.8 Å². The van der Waals surface area contributed by atoms with Gasteiger partial charge >= 0.3 is 0 Å². The van der Waals surface area contributed by atoms with Gasteiger partial charge in [0.05, 0.1) is 13.2 Å². The summed E-state index contributed by atoms with van der Waals surface area (Å²) in [6, 6.07) is 0. The lowest BCUT2D eigenvalue weighted by atomic mass is 9.85. The van der Waals surface area contributed by atoms with Crippen molar-refractivity contribution in [1.82, 2.24) is 15.0 Å². The summed E-state index contributed by atoms with van der Waals surface area (Å²) in [5.74, 6) is 2.39. The Morgan fingerprint density at radius 1 is 1.25 bits per heavy atom. The SMILES string of the molecule is CN(CC1CCC1)c1nc(N)nc(N2CCOCC2)n1. The van der Waals surface area contributed by atoms with E-state index < -0.39 is 0 Å². The van der Waals surface area contributed by atoms with E-state index in [0.29, 0.717) is 25.1 Å². The first-order chi connectivity index (χ1) is 9.72. The van der Waals surface area contributed by atoms with Crippen molar-refractivity contribution in [3.8, 4) is 0 Å². The summed E-state index contributed by atoms with van der Waals surface area (Å²) in [5.41, 5.74) is 5.83. The molecule has 1 aromatic rings. The molecule has 0 aromatic carbocycles. The van der Waals surface area contributed by atoms with Crippen LogP contribution in [0, 0.1) is 5.92 Å². The Bertz CT molecular complexity index is 458. The van der Waals surface area contributed by atoms with E-state index in [1.54, 1.807) is 0 Å². The van der Waals surface area contributed by atoms with Crippen molar-refractivity contribution >= 4 is 17.8 Å². The van der Waals surface area contributed by atoms with E-state index in [9.17, 15) is 0 Å². The summed E-state index contributed by atoms with van der Waals surface area (Å²) in [6.07, 6.45) is 3.96. The van der Waals surface area contributed by atoms with Crippen molar-refractivity contribution in [2.45, 2.75) is 19.3 Å². The van der Waals surface area contributed by atoms with Gasteiger partial charge in [-0.25, -0.2) is 0 Å². The fraction of sp³-hybridized carbons (Fsp3) is 0.769. The van der Waals surface area contributed by atoms with Crippen LogP contribution < -0.4 is 15.5 Å². The average Bonchev–Trinajstić information content (AvgIpc) is 2.43. The molecule has 2 fully saturated rings. The lowest BCUT2D eigenvalue weighted by molar-refractivity contribution is 0.122. The van der Waals surface area contributed by atoms with Crippen LogP contribution in [0.3, 0.4) is 0 Å². The first-order valence-electron chi connectivity index (χ1n) is 7.28. The largest absolute Gasteiger partial charge is 0.378 e. The Morgan fingerprint density at radius 2 is 2.00 bits per heavy atom. The molecule has 1 aliphatic carbocycles. The summed E-state index contributed by atoms with van der Waals surface area (Å²) in [5, 5.41) is 0. The van der Waals surface area contributed by atoms with Gasteiger partial charge in [0.15, 0.2) is 0 Å². The fourth-order valence-electron chi connectivity index (χ4n) is 2.59. The van der Waals surface area contributed by atoms with Gasteiger partial charge in [0.1, 0.15) is 0 Å². The van der Waals surface area contributed by atoms with Crippen LogP contribution in [0.15, 0.2) is 0 Å². The zero-order valence-electron chi connectivity index (χ0n) is 12.0. The molecule has 0 radical (unpaired) electrons. The van der Waals surface area contributed by atoms with Gasteiger partial charge in [-0.1, -0.05) is 6.42 Å². The quantitative estimate of drug-likeness (QED) is 0.860. The highest BCUT2D eigenvalue weighted by molar-refractivity contribution is 5.43. The molecule has 7 heteroatoms. The molecule has 1 aliphatic heterocycles. The summed E-state index contributed by atoms with van der Waals surface area (Å²) in [7, 11) is 2.02. The second-order valence-corrected chi connectivity index (χ2v) is 5.57. The van der Waals surface area contributed by atoms with E-state index in [0.717, 1.165) is 25.6 Å². The van der Waals surface area contributed by atoms with E-state index in [-0.39, 0.29) is 5.95 Å². The third kappa shape index (κ3) is 2.92. The maximum atomic E-state index is 5.83. The smallest absolute Gasteiger partial charge is 0.232 e. The van der Waals surface area contributed by atoms with Crippen LogP contribution in [0.2, 0.25) is 0 Å². The van der Waals surface area contributed by atoms with Crippen LogP contribution in [0.25, 0.3) is 0 Å². The second-order valence-electron chi connectivity index (χ2n) is 5.57. The summed E-state index contributed by atoms with van der Waals surface area (Å²) < 4.78 is 5.35. The molecular weight excluding hydrogens is 256 g/mol. The lowest BCUT2D eigenvalue weighted by Gasteiger charge is -2.31. The highest BCUT2D eigenvalue weighted by Gasteiger charge is 2.22.